The highest BCUT2D eigenvalue weighted by atomic mass is 16.6. The average molecular weight is 350 g/mol. The summed E-state index contributed by atoms with van der Waals surface area (Å²) in [7, 11) is 0. The van der Waals surface area contributed by atoms with Crippen LogP contribution in [0.4, 0.5) is 0 Å². The zero-order valence-corrected chi connectivity index (χ0v) is 15.9. The Labute approximate surface area is 150 Å². The van der Waals surface area contributed by atoms with E-state index in [0.29, 0.717) is 23.8 Å². The third-order valence-electron chi connectivity index (χ3n) is 5.53. The largest absolute Gasteiger partial charge is 0.458 e. The van der Waals surface area contributed by atoms with E-state index < -0.39 is 11.2 Å². The first-order chi connectivity index (χ1) is 11.5. The summed E-state index contributed by atoms with van der Waals surface area (Å²) in [5.41, 5.74) is -0.899. The number of carbonyl (C=O) groups is 2. The van der Waals surface area contributed by atoms with Gasteiger partial charge in [-0.1, -0.05) is 6.58 Å². The van der Waals surface area contributed by atoms with Gasteiger partial charge in [0.2, 0.25) is 0 Å². The van der Waals surface area contributed by atoms with Crippen molar-refractivity contribution in [3.8, 4) is 0 Å². The number of rotatable bonds is 5. The Morgan fingerprint density at radius 3 is 2.16 bits per heavy atom. The van der Waals surface area contributed by atoms with Gasteiger partial charge in [0.05, 0.1) is 5.60 Å². The first-order valence-electron chi connectivity index (χ1n) is 9.25. The molecule has 2 atom stereocenters. The molecular weight excluding hydrogens is 320 g/mol. The van der Waals surface area contributed by atoms with Gasteiger partial charge < -0.3 is 14.2 Å². The van der Waals surface area contributed by atoms with Crippen LogP contribution in [0.1, 0.15) is 66.2 Å². The fourth-order valence-corrected chi connectivity index (χ4v) is 5.25. The molecular formula is C20H30O5. The Morgan fingerprint density at radius 1 is 1.08 bits per heavy atom. The molecule has 4 saturated carbocycles. The van der Waals surface area contributed by atoms with Crippen LogP contribution in [0.25, 0.3) is 0 Å². The maximum atomic E-state index is 12.1. The molecule has 5 heteroatoms. The molecule has 4 aliphatic carbocycles. The van der Waals surface area contributed by atoms with Crippen molar-refractivity contribution in [2.75, 3.05) is 6.61 Å². The lowest BCUT2D eigenvalue weighted by Gasteiger charge is -2.60. The Kier molecular flexibility index (Phi) is 4.51. The first kappa shape index (κ1) is 18.4. The summed E-state index contributed by atoms with van der Waals surface area (Å²) in [5, 5.41) is 0. The summed E-state index contributed by atoms with van der Waals surface area (Å²) in [6.07, 6.45) is 5.54. The molecule has 0 aromatic heterocycles. The van der Waals surface area contributed by atoms with Gasteiger partial charge in [-0.3, -0.25) is 0 Å². The molecule has 2 unspecified atom stereocenters. The predicted octanol–water partition coefficient (Wildman–Crippen LogP) is 3.56. The zero-order chi connectivity index (χ0) is 18.5. The van der Waals surface area contributed by atoms with Gasteiger partial charge in [-0.05, 0) is 71.6 Å². The summed E-state index contributed by atoms with van der Waals surface area (Å²) in [4.78, 5) is 24.2. The fraction of sp³-hybridized carbons (Fsp3) is 0.800. The van der Waals surface area contributed by atoms with Crippen molar-refractivity contribution in [3.63, 3.8) is 0 Å². The van der Waals surface area contributed by atoms with Crippen molar-refractivity contribution in [2.45, 2.75) is 83.0 Å². The van der Waals surface area contributed by atoms with Crippen molar-refractivity contribution in [3.05, 3.63) is 12.2 Å². The quantitative estimate of drug-likeness (QED) is 0.560. The Hall–Kier alpha value is -1.36. The second kappa shape index (κ2) is 6.11. The molecule has 0 amide bonds. The summed E-state index contributed by atoms with van der Waals surface area (Å²) in [6.45, 7) is 10.9. The molecule has 140 valence electrons. The number of esters is 2. The van der Waals surface area contributed by atoms with E-state index in [2.05, 4.69) is 6.58 Å². The SMILES string of the molecule is C=C(C)C(=O)OC12CC3CC(CC(OCC(=O)OC(C)(C)C)(C3)C1)C2. The number of carbonyl (C=O) groups excluding carboxylic acids is 2. The van der Waals surface area contributed by atoms with E-state index in [0.717, 1.165) is 25.7 Å². The van der Waals surface area contributed by atoms with Gasteiger partial charge in [0.15, 0.2) is 0 Å². The lowest BCUT2D eigenvalue weighted by Crippen LogP contribution is -2.61. The van der Waals surface area contributed by atoms with Gasteiger partial charge in [-0.2, -0.15) is 0 Å². The van der Waals surface area contributed by atoms with Crippen LogP contribution in [0.2, 0.25) is 0 Å². The molecule has 25 heavy (non-hydrogen) atoms. The van der Waals surface area contributed by atoms with Crippen LogP contribution in [-0.4, -0.2) is 35.3 Å². The molecule has 0 spiro atoms. The molecule has 0 radical (unpaired) electrons. The van der Waals surface area contributed by atoms with E-state index in [-0.39, 0.29) is 24.1 Å². The van der Waals surface area contributed by atoms with Crippen molar-refractivity contribution in [1.82, 2.24) is 0 Å². The highest BCUT2D eigenvalue weighted by Crippen LogP contribution is 2.60. The smallest absolute Gasteiger partial charge is 0.333 e. The molecule has 0 aromatic carbocycles. The third-order valence-corrected chi connectivity index (χ3v) is 5.53. The molecule has 4 bridgehead atoms. The van der Waals surface area contributed by atoms with Crippen LogP contribution < -0.4 is 0 Å². The Bertz CT molecular complexity index is 571. The molecule has 0 aliphatic heterocycles. The lowest BCUT2D eigenvalue weighted by atomic mass is 9.52. The van der Waals surface area contributed by atoms with Crippen molar-refractivity contribution in [2.24, 2.45) is 11.8 Å². The Morgan fingerprint density at radius 2 is 1.64 bits per heavy atom. The van der Waals surface area contributed by atoms with E-state index in [1.165, 1.54) is 6.42 Å². The molecule has 4 aliphatic rings. The topological polar surface area (TPSA) is 61.8 Å². The Balaban J connectivity index is 1.69. The van der Waals surface area contributed by atoms with Crippen LogP contribution in [-0.2, 0) is 23.8 Å². The van der Waals surface area contributed by atoms with Crippen molar-refractivity contribution < 1.29 is 23.8 Å². The molecule has 0 heterocycles. The molecule has 4 rings (SSSR count). The van der Waals surface area contributed by atoms with Gasteiger partial charge >= 0.3 is 11.9 Å². The minimum Gasteiger partial charge on any atom is -0.458 e. The maximum Gasteiger partial charge on any atom is 0.333 e. The second-order valence-electron chi connectivity index (χ2n) is 9.37. The van der Waals surface area contributed by atoms with E-state index in [1.807, 2.05) is 20.8 Å². The molecule has 0 aromatic rings. The summed E-state index contributed by atoms with van der Waals surface area (Å²) < 4.78 is 17.4. The second-order valence-corrected chi connectivity index (χ2v) is 9.37. The summed E-state index contributed by atoms with van der Waals surface area (Å²) in [6, 6.07) is 0. The van der Waals surface area contributed by atoms with Gasteiger partial charge in [0, 0.05) is 12.0 Å². The molecule has 4 fully saturated rings. The van der Waals surface area contributed by atoms with Crippen molar-refractivity contribution in [1.29, 1.82) is 0 Å². The highest BCUT2D eigenvalue weighted by Gasteiger charge is 2.60. The van der Waals surface area contributed by atoms with Gasteiger partial charge in [0.1, 0.15) is 17.8 Å². The highest BCUT2D eigenvalue weighted by molar-refractivity contribution is 5.87. The number of ether oxygens (including phenoxy) is 3. The van der Waals surface area contributed by atoms with Crippen LogP contribution in [0.15, 0.2) is 12.2 Å². The van der Waals surface area contributed by atoms with Crippen LogP contribution in [0, 0.1) is 11.8 Å². The summed E-state index contributed by atoms with van der Waals surface area (Å²) >= 11 is 0. The monoisotopic (exact) mass is 350 g/mol. The minimum absolute atomic E-state index is 0.0405. The first-order valence-corrected chi connectivity index (χ1v) is 9.25. The zero-order valence-electron chi connectivity index (χ0n) is 15.9. The van der Waals surface area contributed by atoms with E-state index in [1.54, 1.807) is 6.92 Å². The van der Waals surface area contributed by atoms with E-state index in [4.69, 9.17) is 14.2 Å². The third kappa shape index (κ3) is 4.08. The number of hydrogen-bond donors (Lipinski definition) is 0. The van der Waals surface area contributed by atoms with Crippen molar-refractivity contribution >= 4 is 11.9 Å². The van der Waals surface area contributed by atoms with Gasteiger partial charge in [-0.25, -0.2) is 9.59 Å². The number of hydrogen-bond acceptors (Lipinski definition) is 5. The predicted molar refractivity (Wildman–Crippen MR) is 92.8 cm³/mol. The summed E-state index contributed by atoms with van der Waals surface area (Å²) in [5.74, 6) is 0.344. The van der Waals surface area contributed by atoms with E-state index in [9.17, 15) is 9.59 Å². The van der Waals surface area contributed by atoms with Crippen LogP contribution in [0.5, 0.6) is 0 Å². The van der Waals surface area contributed by atoms with Crippen LogP contribution >= 0.6 is 0 Å². The molecule has 5 nitrogen and oxygen atoms in total. The lowest BCUT2D eigenvalue weighted by molar-refractivity contribution is -0.235. The molecule has 0 N–H and O–H groups in total. The fourth-order valence-electron chi connectivity index (χ4n) is 5.25. The minimum atomic E-state index is -0.514. The maximum absolute atomic E-state index is 12.1. The van der Waals surface area contributed by atoms with Crippen LogP contribution in [0.3, 0.4) is 0 Å². The molecule has 0 saturated heterocycles. The standard InChI is InChI=1S/C20H30O5/c1-13(2)17(22)25-20-9-14-6-15(10-20)8-19(7-14,12-20)23-11-16(21)24-18(3,4)5/h14-15H,1,6-12H2,2-5H3. The average Bonchev–Trinajstić information content (AvgIpc) is 2.41. The normalized spacial score (nSPS) is 36.2. The van der Waals surface area contributed by atoms with Gasteiger partial charge in [-0.15, -0.1) is 0 Å². The van der Waals surface area contributed by atoms with E-state index >= 15 is 0 Å². The van der Waals surface area contributed by atoms with Gasteiger partial charge in [0.25, 0.3) is 0 Å².